The lowest BCUT2D eigenvalue weighted by atomic mass is 10.1. The fraction of sp³-hybridized carbons (Fsp3) is 0.400. The zero-order chi connectivity index (χ0) is 17.9. The van der Waals surface area contributed by atoms with Crippen LogP contribution in [0.4, 0.5) is 8.78 Å². The van der Waals surface area contributed by atoms with Gasteiger partial charge in [-0.15, -0.1) is 0 Å². The van der Waals surface area contributed by atoms with Crippen LogP contribution in [0.5, 0.6) is 11.5 Å². The Bertz CT molecular complexity index is 778. The van der Waals surface area contributed by atoms with Gasteiger partial charge < -0.3 is 14.2 Å². The van der Waals surface area contributed by atoms with E-state index < -0.39 is 11.6 Å². The Labute approximate surface area is 151 Å². The molecule has 1 atom stereocenters. The predicted octanol–water partition coefficient (Wildman–Crippen LogP) is 3.87. The largest absolute Gasteiger partial charge is 0.454 e. The van der Waals surface area contributed by atoms with Crippen molar-refractivity contribution in [2.75, 3.05) is 19.9 Å². The van der Waals surface area contributed by atoms with Gasteiger partial charge in [-0.1, -0.05) is 12.1 Å². The van der Waals surface area contributed by atoms with Crippen molar-refractivity contribution < 1.29 is 23.0 Å². The van der Waals surface area contributed by atoms with Crippen molar-refractivity contribution in [1.82, 2.24) is 4.90 Å². The Morgan fingerprint density at radius 3 is 2.69 bits per heavy atom. The van der Waals surface area contributed by atoms with Crippen molar-refractivity contribution in [3.8, 4) is 11.5 Å². The number of hydrogen-bond donors (Lipinski definition) is 0. The molecule has 4 nitrogen and oxygen atoms in total. The zero-order valence-electron chi connectivity index (χ0n) is 14.4. The smallest absolute Gasteiger partial charge is 0.231 e. The van der Waals surface area contributed by atoms with Crippen LogP contribution in [-0.2, 0) is 17.8 Å². The molecule has 2 aromatic carbocycles. The Morgan fingerprint density at radius 1 is 1.00 bits per heavy atom. The van der Waals surface area contributed by atoms with Gasteiger partial charge in [-0.3, -0.25) is 4.90 Å². The minimum Gasteiger partial charge on any atom is -0.454 e. The lowest BCUT2D eigenvalue weighted by Gasteiger charge is -2.25. The third-order valence-corrected chi connectivity index (χ3v) is 4.74. The summed E-state index contributed by atoms with van der Waals surface area (Å²) in [5, 5.41) is 0. The van der Waals surface area contributed by atoms with E-state index in [0.29, 0.717) is 25.2 Å². The molecule has 0 aromatic heterocycles. The zero-order valence-corrected chi connectivity index (χ0v) is 14.4. The summed E-state index contributed by atoms with van der Waals surface area (Å²) in [6, 6.07) is 9.56. The van der Waals surface area contributed by atoms with Crippen LogP contribution >= 0.6 is 0 Å². The molecule has 2 aliphatic rings. The molecule has 0 spiro atoms. The second-order valence-corrected chi connectivity index (χ2v) is 6.73. The maximum Gasteiger partial charge on any atom is 0.231 e. The molecule has 2 aliphatic heterocycles. The fourth-order valence-electron chi connectivity index (χ4n) is 3.45. The van der Waals surface area contributed by atoms with E-state index in [0.717, 1.165) is 42.6 Å². The van der Waals surface area contributed by atoms with Crippen LogP contribution in [0.2, 0.25) is 0 Å². The molecule has 26 heavy (non-hydrogen) atoms. The van der Waals surface area contributed by atoms with E-state index in [2.05, 4.69) is 4.90 Å². The summed E-state index contributed by atoms with van der Waals surface area (Å²) in [6.07, 6.45) is 2.20. The number of benzene rings is 2. The number of rotatable bonds is 6. The summed E-state index contributed by atoms with van der Waals surface area (Å²) in [4.78, 5) is 2.13. The van der Waals surface area contributed by atoms with E-state index in [1.807, 2.05) is 18.2 Å². The van der Waals surface area contributed by atoms with Crippen molar-refractivity contribution in [3.05, 3.63) is 59.2 Å². The molecule has 0 N–H and O–H groups in total. The second-order valence-electron chi connectivity index (χ2n) is 6.73. The highest BCUT2D eigenvalue weighted by Crippen LogP contribution is 2.33. The standard InChI is InChI=1S/C20H21F2NO3/c21-16-5-4-15(18(22)9-16)11-23(12-17-2-1-7-24-17)10-14-3-6-19-20(8-14)26-13-25-19/h3-6,8-9,17H,1-2,7,10-13H2. The molecule has 6 heteroatoms. The molecule has 2 aromatic rings. The molecule has 1 unspecified atom stereocenters. The van der Waals surface area contributed by atoms with E-state index in [1.165, 1.54) is 12.1 Å². The summed E-state index contributed by atoms with van der Waals surface area (Å²) < 4.78 is 43.8. The fourth-order valence-corrected chi connectivity index (χ4v) is 3.45. The summed E-state index contributed by atoms with van der Waals surface area (Å²) in [7, 11) is 0. The van der Waals surface area contributed by atoms with Gasteiger partial charge in [-0.05, 0) is 36.6 Å². The SMILES string of the molecule is Fc1ccc(CN(Cc2ccc3c(c2)OCO3)CC2CCCO2)c(F)c1. The summed E-state index contributed by atoms with van der Waals surface area (Å²) in [5.74, 6) is 0.386. The van der Waals surface area contributed by atoms with Crippen LogP contribution < -0.4 is 9.47 Å². The summed E-state index contributed by atoms with van der Waals surface area (Å²) >= 11 is 0. The quantitative estimate of drug-likeness (QED) is 0.781. The minimum absolute atomic E-state index is 0.146. The summed E-state index contributed by atoms with van der Waals surface area (Å²) in [5.41, 5.74) is 1.53. The van der Waals surface area contributed by atoms with Crippen LogP contribution in [0.15, 0.2) is 36.4 Å². The molecule has 1 saturated heterocycles. The van der Waals surface area contributed by atoms with Crippen LogP contribution in [0, 0.1) is 11.6 Å². The maximum atomic E-state index is 14.1. The molecule has 0 amide bonds. The molecule has 0 bridgehead atoms. The second kappa shape index (κ2) is 7.60. The van der Waals surface area contributed by atoms with E-state index in [-0.39, 0.29) is 12.9 Å². The number of hydrogen-bond acceptors (Lipinski definition) is 4. The average molecular weight is 361 g/mol. The Balaban J connectivity index is 1.51. The monoisotopic (exact) mass is 361 g/mol. The number of fused-ring (bicyclic) bond motifs is 1. The van der Waals surface area contributed by atoms with E-state index in [4.69, 9.17) is 14.2 Å². The molecule has 0 saturated carbocycles. The first-order valence-electron chi connectivity index (χ1n) is 8.84. The highest BCUT2D eigenvalue weighted by atomic mass is 19.1. The lowest BCUT2D eigenvalue weighted by molar-refractivity contribution is 0.0675. The maximum absolute atomic E-state index is 14.1. The van der Waals surface area contributed by atoms with Crippen LogP contribution in [-0.4, -0.2) is 30.9 Å². The van der Waals surface area contributed by atoms with Gasteiger partial charge in [0.05, 0.1) is 6.10 Å². The number of nitrogens with zero attached hydrogens (tertiary/aromatic N) is 1. The third kappa shape index (κ3) is 3.97. The highest BCUT2D eigenvalue weighted by Gasteiger charge is 2.21. The molecular weight excluding hydrogens is 340 g/mol. The van der Waals surface area contributed by atoms with E-state index in [9.17, 15) is 8.78 Å². The lowest BCUT2D eigenvalue weighted by Crippen LogP contribution is -2.31. The molecule has 2 heterocycles. The van der Waals surface area contributed by atoms with E-state index in [1.54, 1.807) is 0 Å². The van der Waals surface area contributed by atoms with Gasteiger partial charge in [-0.25, -0.2) is 8.78 Å². The van der Waals surface area contributed by atoms with Gasteiger partial charge in [0.1, 0.15) is 11.6 Å². The summed E-state index contributed by atoms with van der Waals surface area (Å²) in [6.45, 7) is 2.71. The third-order valence-electron chi connectivity index (χ3n) is 4.74. The van der Waals surface area contributed by atoms with E-state index >= 15 is 0 Å². The van der Waals surface area contributed by atoms with Crippen molar-refractivity contribution >= 4 is 0 Å². The first kappa shape index (κ1) is 17.2. The molecule has 1 fully saturated rings. The predicted molar refractivity (Wildman–Crippen MR) is 92.0 cm³/mol. The topological polar surface area (TPSA) is 30.9 Å². The van der Waals surface area contributed by atoms with Crippen LogP contribution in [0.25, 0.3) is 0 Å². The molecule has 0 radical (unpaired) electrons. The van der Waals surface area contributed by atoms with Crippen molar-refractivity contribution in [2.45, 2.75) is 32.0 Å². The normalized spacial score (nSPS) is 18.7. The van der Waals surface area contributed by atoms with Crippen molar-refractivity contribution in [2.24, 2.45) is 0 Å². The van der Waals surface area contributed by atoms with Gasteiger partial charge >= 0.3 is 0 Å². The average Bonchev–Trinajstić information content (AvgIpc) is 3.28. The Hall–Kier alpha value is -2.18. The van der Waals surface area contributed by atoms with Gasteiger partial charge in [0.25, 0.3) is 0 Å². The van der Waals surface area contributed by atoms with Crippen LogP contribution in [0.3, 0.4) is 0 Å². The Kier molecular flexibility index (Phi) is 5.04. The minimum atomic E-state index is -0.562. The van der Waals surface area contributed by atoms with Crippen molar-refractivity contribution in [1.29, 1.82) is 0 Å². The molecule has 0 aliphatic carbocycles. The Morgan fingerprint density at radius 2 is 1.88 bits per heavy atom. The van der Waals surface area contributed by atoms with Crippen molar-refractivity contribution in [3.63, 3.8) is 0 Å². The van der Waals surface area contributed by atoms with Gasteiger partial charge in [0, 0.05) is 37.9 Å². The molecule has 138 valence electrons. The van der Waals surface area contributed by atoms with Gasteiger partial charge in [0.15, 0.2) is 11.5 Å². The number of halogens is 2. The highest BCUT2D eigenvalue weighted by molar-refractivity contribution is 5.44. The number of ether oxygens (including phenoxy) is 3. The van der Waals surface area contributed by atoms with Crippen LogP contribution in [0.1, 0.15) is 24.0 Å². The molecular formula is C20H21F2NO3. The van der Waals surface area contributed by atoms with Gasteiger partial charge in [-0.2, -0.15) is 0 Å². The first-order valence-corrected chi connectivity index (χ1v) is 8.84. The van der Waals surface area contributed by atoms with Gasteiger partial charge in [0.2, 0.25) is 6.79 Å². The molecule has 4 rings (SSSR count). The first-order chi connectivity index (χ1) is 12.7.